The van der Waals surface area contributed by atoms with E-state index in [0.717, 1.165) is 26.1 Å². The van der Waals surface area contributed by atoms with Crippen LogP contribution in [0.5, 0.6) is 0 Å². The standard InChI is InChI=1S/C13H25N3S/c1-5-8-11-12(10-14-7-3)17-13(15-11)16(4)9-6-2/h14H,5-10H2,1-4H3. The zero-order valence-corrected chi connectivity index (χ0v) is 12.4. The van der Waals surface area contributed by atoms with Gasteiger partial charge >= 0.3 is 0 Å². The van der Waals surface area contributed by atoms with Gasteiger partial charge in [-0.3, -0.25) is 0 Å². The van der Waals surface area contributed by atoms with Gasteiger partial charge in [-0.25, -0.2) is 4.98 Å². The topological polar surface area (TPSA) is 28.2 Å². The van der Waals surface area contributed by atoms with Crippen LogP contribution in [0.15, 0.2) is 0 Å². The van der Waals surface area contributed by atoms with Crippen LogP contribution in [0, 0.1) is 0 Å². The average Bonchev–Trinajstić information content (AvgIpc) is 2.71. The summed E-state index contributed by atoms with van der Waals surface area (Å²) < 4.78 is 0. The van der Waals surface area contributed by atoms with Gasteiger partial charge < -0.3 is 10.2 Å². The Kier molecular flexibility index (Phi) is 6.52. The zero-order chi connectivity index (χ0) is 12.7. The molecule has 0 fully saturated rings. The molecule has 1 N–H and O–H groups in total. The third kappa shape index (κ3) is 4.28. The molecule has 1 heterocycles. The Morgan fingerprint density at radius 1 is 1.24 bits per heavy atom. The Bertz CT molecular complexity index is 322. The minimum atomic E-state index is 0.962. The second kappa shape index (κ2) is 7.67. The summed E-state index contributed by atoms with van der Waals surface area (Å²) in [7, 11) is 2.13. The molecular weight excluding hydrogens is 230 g/mol. The van der Waals surface area contributed by atoms with Crippen LogP contribution in [-0.4, -0.2) is 25.1 Å². The molecule has 1 aromatic rings. The first-order chi connectivity index (χ1) is 8.22. The molecule has 3 nitrogen and oxygen atoms in total. The molecule has 0 aromatic carbocycles. The van der Waals surface area contributed by atoms with E-state index in [2.05, 4.69) is 38.0 Å². The molecule has 1 aromatic heterocycles. The molecule has 0 spiro atoms. The summed E-state index contributed by atoms with van der Waals surface area (Å²) in [5.41, 5.74) is 1.29. The summed E-state index contributed by atoms with van der Waals surface area (Å²) in [5, 5.41) is 4.57. The lowest BCUT2D eigenvalue weighted by atomic mass is 10.2. The first-order valence-corrected chi connectivity index (χ1v) is 7.44. The average molecular weight is 255 g/mol. The molecule has 0 unspecified atom stereocenters. The van der Waals surface area contributed by atoms with Crippen LogP contribution >= 0.6 is 11.3 Å². The van der Waals surface area contributed by atoms with Crippen molar-refractivity contribution in [2.24, 2.45) is 0 Å². The van der Waals surface area contributed by atoms with Gasteiger partial charge in [-0.2, -0.15) is 0 Å². The Balaban J connectivity index is 2.78. The summed E-state index contributed by atoms with van der Waals surface area (Å²) in [5.74, 6) is 0. The van der Waals surface area contributed by atoms with Crippen LogP contribution in [0.1, 0.15) is 44.2 Å². The highest BCUT2D eigenvalue weighted by atomic mass is 32.1. The van der Waals surface area contributed by atoms with Crippen molar-refractivity contribution >= 4 is 16.5 Å². The summed E-state index contributed by atoms with van der Waals surface area (Å²) in [6.07, 6.45) is 3.43. The third-order valence-electron chi connectivity index (χ3n) is 2.67. The van der Waals surface area contributed by atoms with Crippen molar-refractivity contribution in [1.82, 2.24) is 10.3 Å². The second-order valence-corrected chi connectivity index (χ2v) is 5.38. The number of anilines is 1. The highest BCUT2D eigenvalue weighted by Crippen LogP contribution is 2.26. The lowest BCUT2D eigenvalue weighted by molar-refractivity contribution is 0.723. The van der Waals surface area contributed by atoms with Gasteiger partial charge in [0.05, 0.1) is 5.69 Å². The number of aromatic nitrogens is 1. The first-order valence-electron chi connectivity index (χ1n) is 6.63. The number of hydrogen-bond acceptors (Lipinski definition) is 4. The molecule has 0 radical (unpaired) electrons. The lowest BCUT2D eigenvalue weighted by Crippen LogP contribution is -2.17. The molecule has 0 aliphatic heterocycles. The lowest BCUT2D eigenvalue weighted by Gasteiger charge is -2.13. The van der Waals surface area contributed by atoms with Crippen molar-refractivity contribution in [2.45, 2.75) is 46.6 Å². The molecule has 0 saturated carbocycles. The van der Waals surface area contributed by atoms with E-state index >= 15 is 0 Å². The molecule has 0 atom stereocenters. The SMILES string of the molecule is CCCc1nc(N(C)CCC)sc1CNCC. The van der Waals surface area contributed by atoms with E-state index in [0.29, 0.717) is 0 Å². The molecule has 17 heavy (non-hydrogen) atoms. The molecule has 1 rings (SSSR count). The molecule has 98 valence electrons. The minimum Gasteiger partial charge on any atom is -0.351 e. The minimum absolute atomic E-state index is 0.962. The fraction of sp³-hybridized carbons (Fsp3) is 0.769. The third-order valence-corrected chi connectivity index (χ3v) is 3.89. The van der Waals surface area contributed by atoms with Gasteiger partial charge in [-0.05, 0) is 19.4 Å². The Labute approximate surface area is 109 Å². The van der Waals surface area contributed by atoms with Gasteiger partial charge in [-0.15, -0.1) is 11.3 Å². The fourth-order valence-electron chi connectivity index (χ4n) is 1.77. The van der Waals surface area contributed by atoms with E-state index in [1.807, 2.05) is 11.3 Å². The molecule has 4 heteroatoms. The molecule has 0 aliphatic carbocycles. The Hall–Kier alpha value is -0.610. The van der Waals surface area contributed by atoms with Gasteiger partial charge in [0.25, 0.3) is 0 Å². The normalized spacial score (nSPS) is 10.8. The largest absolute Gasteiger partial charge is 0.351 e. The van der Waals surface area contributed by atoms with E-state index < -0.39 is 0 Å². The smallest absolute Gasteiger partial charge is 0.185 e. The van der Waals surface area contributed by atoms with E-state index in [-0.39, 0.29) is 0 Å². The molecule has 0 aliphatic rings. The molecule has 0 bridgehead atoms. The predicted octanol–water partition coefficient (Wildman–Crippen LogP) is 3.05. The van der Waals surface area contributed by atoms with Gasteiger partial charge in [0.15, 0.2) is 5.13 Å². The molecule has 0 amide bonds. The van der Waals surface area contributed by atoms with Crippen molar-refractivity contribution < 1.29 is 0 Å². The maximum Gasteiger partial charge on any atom is 0.185 e. The number of thiazole rings is 1. The summed E-state index contributed by atoms with van der Waals surface area (Å²) >= 11 is 1.84. The van der Waals surface area contributed by atoms with Crippen LogP contribution in [0.25, 0.3) is 0 Å². The number of aryl methyl sites for hydroxylation is 1. The van der Waals surface area contributed by atoms with Crippen molar-refractivity contribution in [3.05, 3.63) is 10.6 Å². The summed E-state index contributed by atoms with van der Waals surface area (Å²) in [6, 6.07) is 0. The van der Waals surface area contributed by atoms with Crippen LogP contribution in [0.4, 0.5) is 5.13 Å². The number of nitrogens with zero attached hydrogens (tertiary/aromatic N) is 2. The fourth-order valence-corrected chi connectivity index (χ4v) is 2.84. The summed E-state index contributed by atoms with van der Waals surface area (Å²) in [6.45, 7) is 9.62. The van der Waals surface area contributed by atoms with Gasteiger partial charge in [0.1, 0.15) is 0 Å². The Morgan fingerprint density at radius 2 is 2.00 bits per heavy atom. The first kappa shape index (κ1) is 14.5. The van der Waals surface area contributed by atoms with Gasteiger partial charge in [-0.1, -0.05) is 27.2 Å². The van der Waals surface area contributed by atoms with Crippen LogP contribution in [0.3, 0.4) is 0 Å². The van der Waals surface area contributed by atoms with Crippen molar-refractivity contribution in [1.29, 1.82) is 0 Å². The van der Waals surface area contributed by atoms with E-state index in [1.54, 1.807) is 0 Å². The van der Waals surface area contributed by atoms with Crippen LogP contribution < -0.4 is 10.2 Å². The van der Waals surface area contributed by atoms with Crippen LogP contribution in [-0.2, 0) is 13.0 Å². The zero-order valence-electron chi connectivity index (χ0n) is 11.5. The van der Waals surface area contributed by atoms with E-state index in [4.69, 9.17) is 4.98 Å². The van der Waals surface area contributed by atoms with E-state index in [9.17, 15) is 0 Å². The van der Waals surface area contributed by atoms with Crippen molar-refractivity contribution in [3.8, 4) is 0 Å². The number of hydrogen-bond donors (Lipinski definition) is 1. The maximum absolute atomic E-state index is 4.78. The van der Waals surface area contributed by atoms with Gasteiger partial charge in [0, 0.05) is 25.0 Å². The maximum atomic E-state index is 4.78. The highest BCUT2D eigenvalue weighted by Gasteiger charge is 2.12. The highest BCUT2D eigenvalue weighted by molar-refractivity contribution is 7.15. The monoisotopic (exact) mass is 255 g/mol. The quantitative estimate of drug-likeness (QED) is 0.774. The Morgan fingerprint density at radius 3 is 2.59 bits per heavy atom. The van der Waals surface area contributed by atoms with Crippen molar-refractivity contribution in [3.63, 3.8) is 0 Å². The van der Waals surface area contributed by atoms with Gasteiger partial charge in [0.2, 0.25) is 0 Å². The van der Waals surface area contributed by atoms with Crippen LogP contribution in [0.2, 0.25) is 0 Å². The molecule has 0 saturated heterocycles. The van der Waals surface area contributed by atoms with Crippen molar-refractivity contribution in [2.75, 3.05) is 25.0 Å². The number of rotatable bonds is 8. The number of nitrogens with one attached hydrogen (secondary N) is 1. The summed E-state index contributed by atoms with van der Waals surface area (Å²) in [4.78, 5) is 8.45. The molecular formula is C13H25N3S. The second-order valence-electron chi connectivity index (χ2n) is 4.32. The van der Waals surface area contributed by atoms with E-state index in [1.165, 1.54) is 28.5 Å². The predicted molar refractivity (Wildman–Crippen MR) is 77.1 cm³/mol.